The maximum Gasteiger partial charge on any atom is 0.207 e. The average Bonchev–Trinajstić information content (AvgIpc) is 2.60. The third kappa shape index (κ3) is 3.65. The number of likely N-dealkylation sites (N-methyl/N-ethyl adjacent to an activating group) is 1. The van der Waals surface area contributed by atoms with Crippen LogP contribution in [0.1, 0.15) is 5.56 Å². The van der Waals surface area contributed by atoms with Gasteiger partial charge in [0.05, 0.1) is 5.39 Å². The minimum atomic E-state index is 0.0321. The summed E-state index contributed by atoms with van der Waals surface area (Å²) in [4.78, 5) is 25.9. The molecule has 0 bridgehead atoms. The minimum Gasteiger partial charge on any atom is -0.383 e. The third-order valence-corrected chi connectivity index (χ3v) is 5.31. The van der Waals surface area contributed by atoms with Crippen LogP contribution in [0.4, 0.5) is 5.69 Å². The van der Waals surface area contributed by atoms with E-state index in [9.17, 15) is 9.59 Å². The predicted molar refractivity (Wildman–Crippen MR) is 106 cm³/mol. The first-order valence-corrected chi connectivity index (χ1v) is 8.96. The molecule has 0 saturated heterocycles. The van der Waals surface area contributed by atoms with Crippen LogP contribution in [0.3, 0.4) is 0 Å². The van der Waals surface area contributed by atoms with Crippen LogP contribution in [0.2, 0.25) is 0 Å². The van der Waals surface area contributed by atoms with Crippen LogP contribution in [0.15, 0.2) is 41.2 Å². The fourth-order valence-electron chi connectivity index (χ4n) is 2.81. The molecule has 0 fully saturated rings. The second-order valence-corrected chi connectivity index (χ2v) is 7.18. The summed E-state index contributed by atoms with van der Waals surface area (Å²) in [5.74, 6) is 0. The topological polar surface area (TPSA) is 61.4 Å². The fraction of sp³-hybridized carbons (Fsp3) is 0.263. The molecule has 25 heavy (non-hydrogen) atoms. The molecule has 1 aromatic heterocycles. The van der Waals surface area contributed by atoms with Crippen LogP contribution < -0.4 is 16.1 Å². The molecule has 0 atom stereocenters. The van der Waals surface area contributed by atoms with Crippen molar-refractivity contribution in [3.63, 3.8) is 0 Å². The van der Waals surface area contributed by atoms with Crippen molar-refractivity contribution >= 4 is 43.6 Å². The van der Waals surface area contributed by atoms with Gasteiger partial charge in [0.15, 0.2) is 5.43 Å². The molecule has 0 unspecified atom stereocenters. The van der Waals surface area contributed by atoms with Crippen molar-refractivity contribution in [2.45, 2.75) is 6.54 Å². The highest BCUT2D eigenvalue weighted by Crippen LogP contribution is 2.31. The zero-order valence-electron chi connectivity index (χ0n) is 14.3. The van der Waals surface area contributed by atoms with Crippen molar-refractivity contribution in [1.29, 1.82) is 0 Å². The second kappa shape index (κ2) is 7.63. The Bertz CT molecular complexity index is 966. The van der Waals surface area contributed by atoms with Gasteiger partial charge in [-0.05, 0) is 37.9 Å². The molecular weight excluding hydrogens is 334 g/mol. The molecule has 2 N–H and O–H groups in total. The molecular formula is C19H21N3O2S. The van der Waals surface area contributed by atoms with Crippen molar-refractivity contribution in [2.75, 3.05) is 32.5 Å². The minimum absolute atomic E-state index is 0.0321. The smallest absolute Gasteiger partial charge is 0.207 e. The van der Waals surface area contributed by atoms with E-state index >= 15 is 0 Å². The molecule has 3 aromatic rings. The van der Waals surface area contributed by atoms with Crippen molar-refractivity contribution in [2.24, 2.45) is 0 Å². The quantitative estimate of drug-likeness (QED) is 0.505. The van der Waals surface area contributed by atoms with E-state index in [4.69, 9.17) is 0 Å². The largest absolute Gasteiger partial charge is 0.383 e. The summed E-state index contributed by atoms with van der Waals surface area (Å²) in [6.07, 6.45) is 0.679. The molecule has 6 heteroatoms. The van der Waals surface area contributed by atoms with Crippen LogP contribution in [-0.4, -0.2) is 38.5 Å². The van der Waals surface area contributed by atoms with E-state index in [1.165, 1.54) is 0 Å². The number of carbonyl (C=O) groups is 1. The first-order valence-electron chi connectivity index (χ1n) is 8.15. The standard InChI is InChI=1S/C19H21N3O2S/c1-22(2)10-9-21-15-8-7-13(11-20-12-23)19-17(15)18(24)14-5-3-4-6-16(14)25-19/h3-8,12,21H,9-11H2,1-2H3,(H,20,23). The van der Waals surface area contributed by atoms with Gasteiger partial charge in [0.1, 0.15) is 0 Å². The maximum atomic E-state index is 13.1. The summed E-state index contributed by atoms with van der Waals surface area (Å²) in [6.45, 7) is 2.04. The van der Waals surface area contributed by atoms with Gasteiger partial charge in [-0.25, -0.2) is 0 Å². The first kappa shape index (κ1) is 17.4. The summed E-state index contributed by atoms with van der Waals surface area (Å²) < 4.78 is 1.88. The number of benzene rings is 2. The number of rotatable bonds is 7. The van der Waals surface area contributed by atoms with Gasteiger partial charge < -0.3 is 15.5 Å². The Morgan fingerprint density at radius 1 is 1.16 bits per heavy atom. The van der Waals surface area contributed by atoms with E-state index in [0.717, 1.165) is 39.1 Å². The maximum absolute atomic E-state index is 13.1. The summed E-state index contributed by atoms with van der Waals surface area (Å²) in [5, 5.41) is 7.52. The monoisotopic (exact) mass is 355 g/mol. The molecule has 1 heterocycles. The molecule has 0 aliphatic rings. The summed E-state index contributed by atoms with van der Waals surface area (Å²) in [7, 11) is 4.03. The number of hydrogen-bond donors (Lipinski definition) is 2. The molecule has 0 aliphatic heterocycles. The highest BCUT2D eigenvalue weighted by atomic mass is 32.1. The number of nitrogens with zero attached hydrogens (tertiary/aromatic N) is 1. The summed E-state index contributed by atoms with van der Waals surface area (Å²) in [6, 6.07) is 11.6. The lowest BCUT2D eigenvalue weighted by atomic mass is 10.1. The predicted octanol–water partition coefficient (Wildman–Crippen LogP) is 2.63. The van der Waals surface area contributed by atoms with Crippen LogP contribution in [0, 0.1) is 0 Å². The Balaban J connectivity index is 2.18. The summed E-state index contributed by atoms with van der Waals surface area (Å²) in [5.41, 5.74) is 1.83. The van der Waals surface area contributed by atoms with E-state index in [1.807, 2.05) is 50.5 Å². The van der Waals surface area contributed by atoms with Gasteiger partial charge in [-0.1, -0.05) is 18.2 Å². The van der Waals surface area contributed by atoms with Crippen LogP contribution in [0.25, 0.3) is 20.2 Å². The molecule has 130 valence electrons. The van der Waals surface area contributed by atoms with Crippen molar-refractivity contribution in [1.82, 2.24) is 10.2 Å². The lowest BCUT2D eigenvalue weighted by Crippen LogP contribution is -2.21. The lowest BCUT2D eigenvalue weighted by Gasteiger charge is -2.15. The Morgan fingerprint density at radius 2 is 1.96 bits per heavy atom. The SMILES string of the molecule is CN(C)CCNc1ccc(CNC=O)c2sc3ccccc3c(=O)c12. The van der Waals surface area contributed by atoms with Crippen LogP contribution in [-0.2, 0) is 11.3 Å². The lowest BCUT2D eigenvalue weighted by molar-refractivity contribution is -0.109. The van der Waals surface area contributed by atoms with Gasteiger partial charge in [0, 0.05) is 40.1 Å². The second-order valence-electron chi connectivity index (χ2n) is 6.13. The van der Waals surface area contributed by atoms with E-state index in [2.05, 4.69) is 15.5 Å². The zero-order valence-corrected chi connectivity index (χ0v) is 15.2. The Morgan fingerprint density at radius 3 is 2.72 bits per heavy atom. The highest BCUT2D eigenvalue weighted by Gasteiger charge is 2.13. The van der Waals surface area contributed by atoms with Gasteiger partial charge in [-0.2, -0.15) is 0 Å². The molecule has 0 aliphatic carbocycles. The molecule has 0 saturated carbocycles. The Hall–Kier alpha value is -2.44. The number of nitrogens with one attached hydrogen (secondary N) is 2. The van der Waals surface area contributed by atoms with Gasteiger partial charge in [-0.3, -0.25) is 9.59 Å². The van der Waals surface area contributed by atoms with E-state index in [-0.39, 0.29) is 5.43 Å². The number of carbonyl (C=O) groups excluding carboxylic acids is 1. The molecule has 5 nitrogen and oxygen atoms in total. The average molecular weight is 355 g/mol. The van der Waals surface area contributed by atoms with E-state index in [1.54, 1.807) is 11.3 Å². The van der Waals surface area contributed by atoms with Crippen LogP contribution >= 0.6 is 11.3 Å². The normalized spacial score (nSPS) is 11.2. The Labute approximate surface area is 150 Å². The van der Waals surface area contributed by atoms with Gasteiger partial charge in [0.2, 0.25) is 6.41 Å². The van der Waals surface area contributed by atoms with Gasteiger partial charge in [0.25, 0.3) is 0 Å². The molecule has 0 spiro atoms. The Kier molecular flexibility index (Phi) is 5.31. The molecule has 3 rings (SSSR count). The molecule has 0 radical (unpaired) electrons. The zero-order chi connectivity index (χ0) is 17.8. The fourth-order valence-corrected chi connectivity index (χ4v) is 4.02. The third-order valence-electron chi connectivity index (χ3n) is 4.06. The van der Waals surface area contributed by atoms with E-state index < -0.39 is 0 Å². The van der Waals surface area contributed by atoms with Crippen LogP contribution in [0.5, 0.6) is 0 Å². The number of fused-ring (bicyclic) bond motifs is 2. The van der Waals surface area contributed by atoms with Crippen molar-refractivity contribution < 1.29 is 4.79 Å². The van der Waals surface area contributed by atoms with Gasteiger partial charge >= 0.3 is 0 Å². The first-order chi connectivity index (χ1) is 12.1. The number of anilines is 1. The summed E-state index contributed by atoms with van der Waals surface area (Å²) >= 11 is 1.59. The highest BCUT2D eigenvalue weighted by molar-refractivity contribution is 7.24. The van der Waals surface area contributed by atoms with Crippen molar-refractivity contribution in [3.05, 3.63) is 52.2 Å². The molecule has 1 amide bonds. The van der Waals surface area contributed by atoms with E-state index in [0.29, 0.717) is 18.3 Å². The number of hydrogen-bond acceptors (Lipinski definition) is 5. The number of amides is 1. The molecule has 2 aromatic carbocycles. The van der Waals surface area contributed by atoms with Gasteiger partial charge in [-0.15, -0.1) is 11.3 Å². The van der Waals surface area contributed by atoms with Crippen molar-refractivity contribution in [3.8, 4) is 0 Å².